The quantitative estimate of drug-likeness (QED) is 0.662. The Labute approximate surface area is 165 Å². The highest BCUT2D eigenvalue weighted by Gasteiger charge is 2.30. The number of hydrogen-bond acceptors (Lipinski definition) is 4. The van der Waals surface area contributed by atoms with Crippen molar-refractivity contribution in [3.8, 4) is 11.4 Å². The molecule has 0 spiro atoms. The monoisotopic (exact) mass is 396 g/mol. The van der Waals surface area contributed by atoms with Gasteiger partial charge < -0.3 is 4.57 Å². The first kappa shape index (κ1) is 18.8. The first-order valence-corrected chi connectivity index (χ1v) is 11.1. The first-order chi connectivity index (χ1) is 13.6. The average Bonchev–Trinajstić information content (AvgIpc) is 3.24. The van der Waals surface area contributed by atoms with E-state index in [2.05, 4.69) is 21.7 Å². The number of sulfonamides is 1. The summed E-state index contributed by atoms with van der Waals surface area (Å²) in [6.07, 6.45) is 4.13. The largest absolute Gasteiger partial charge is 0.310 e. The fourth-order valence-electron chi connectivity index (χ4n) is 3.71. The minimum absolute atomic E-state index is 0.194. The normalized spacial score (nSPS) is 16.3. The molecule has 3 aromatic rings. The van der Waals surface area contributed by atoms with Crippen molar-refractivity contribution in [2.24, 2.45) is 0 Å². The Bertz CT molecular complexity index is 1020. The molecule has 1 fully saturated rings. The van der Waals surface area contributed by atoms with E-state index < -0.39 is 10.0 Å². The minimum Gasteiger partial charge on any atom is -0.310 e. The van der Waals surface area contributed by atoms with Gasteiger partial charge in [-0.15, -0.1) is 10.2 Å². The number of hydrogen-bond donors (Lipinski definition) is 0. The second-order valence-electron chi connectivity index (χ2n) is 7.06. The molecule has 4 rings (SSSR count). The van der Waals surface area contributed by atoms with Gasteiger partial charge in [0.1, 0.15) is 6.33 Å². The van der Waals surface area contributed by atoms with Crippen molar-refractivity contribution in [2.45, 2.75) is 37.1 Å². The fraction of sp³-hybridized carbons (Fsp3) is 0.333. The molecule has 0 unspecified atom stereocenters. The number of benzene rings is 2. The Morgan fingerprint density at radius 1 is 1.00 bits per heavy atom. The smallest absolute Gasteiger partial charge is 0.243 e. The molecule has 2 aromatic carbocycles. The Balaban J connectivity index is 1.49. The van der Waals surface area contributed by atoms with Gasteiger partial charge in [0.05, 0.1) is 4.90 Å². The van der Waals surface area contributed by atoms with Crippen molar-refractivity contribution in [3.05, 3.63) is 66.5 Å². The molecule has 1 aliphatic rings. The highest BCUT2D eigenvalue weighted by atomic mass is 32.2. The van der Waals surface area contributed by atoms with E-state index in [9.17, 15) is 8.42 Å². The summed E-state index contributed by atoms with van der Waals surface area (Å²) in [4.78, 5) is 0.373. The van der Waals surface area contributed by atoms with Crippen molar-refractivity contribution >= 4 is 10.0 Å². The summed E-state index contributed by atoms with van der Waals surface area (Å²) in [5.41, 5.74) is 2.16. The van der Waals surface area contributed by atoms with Crippen LogP contribution in [0.15, 0.2) is 65.8 Å². The zero-order valence-electron chi connectivity index (χ0n) is 15.9. The van der Waals surface area contributed by atoms with Gasteiger partial charge in [-0.05, 0) is 37.0 Å². The highest BCUT2D eigenvalue weighted by Crippen LogP contribution is 2.30. The summed E-state index contributed by atoms with van der Waals surface area (Å²) in [5.74, 6) is 0.831. The maximum absolute atomic E-state index is 13.0. The SMILES string of the molecule is CCc1ccc(S(=O)(=O)N2CCC(n3cnnc3-c3ccccc3)CC2)cc1. The molecule has 1 aromatic heterocycles. The number of nitrogens with zero attached hydrogens (tertiary/aromatic N) is 4. The van der Waals surface area contributed by atoms with E-state index in [0.717, 1.165) is 36.2 Å². The second kappa shape index (κ2) is 7.85. The van der Waals surface area contributed by atoms with Crippen LogP contribution in [0.2, 0.25) is 0 Å². The third-order valence-corrected chi connectivity index (χ3v) is 7.30. The van der Waals surface area contributed by atoms with E-state index in [-0.39, 0.29) is 6.04 Å². The average molecular weight is 397 g/mol. The molecule has 0 radical (unpaired) electrons. The predicted octanol–water partition coefficient (Wildman–Crippen LogP) is 3.53. The van der Waals surface area contributed by atoms with E-state index >= 15 is 0 Å². The minimum atomic E-state index is -3.45. The van der Waals surface area contributed by atoms with Gasteiger partial charge in [-0.25, -0.2) is 8.42 Å². The predicted molar refractivity (Wildman–Crippen MR) is 108 cm³/mol. The summed E-state index contributed by atoms with van der Waals surface area (Å²) in [6.45, 7) is 3.05. The summed E-state index contributed by atoms with van der Waals surface area (Å²) in [6, 6.07) is 17.4. The topological polar surface area (TPSA) is 68.1 Å². The molecule has 146 valence electrons. The summed E-state index contributed by atoms with van der Waals surface area (Å²) < 4.78 is 29.6. The molecule has 0 amide bonds. The van der Waals surface area contributed by atoms with Crippen LogP contribution < -0.4 is 0 Å². The van der Waals surface area contributed by atoms with Crippen LogP contribution in [-0.4, -0.2) is 40.6 Å². The standard InChI is InChI=1S/C21H24N4O2S/c1-2-17-8-10-20(11-9-17)28(26,27)24-14-12-19(13-15-24)25-16-22-23-21(25)18-6-4-3-5-7-18/h3-11,16,19H,2,12-15H2,1H3. The van der Waals surface area contributed by atoms with Crippen LogP contribution in [-0.2, 0) is 16.4 Å². The Kier molecular flexibility index (Phi) is 5.28. The van der Waals surface area contributed by atoms with Crippen LogP contribution in [0, 0.1) is 0 Å². The van der Waals surface area contributed by atoms with Crippen LogP contribution in [0.4, 0.5) is 0 Å². The van der Waals surface area contributed by atoms with Crippen LogP contribution >= 0.6 is 0 Å². The molecule has 1 aliphatic heterocycles. The lowest BCUT2D eigenvalue weighted by atomic mass is 10.1. The van der Waals surface area contributed by atoms with Crippen LogP contribution in [0.1, 0.15) is 31.4 Å². The van der Waals surface area contributed by atoms with E-state index in [1.807, 2.05) is 42.5 Å². The number of piperidine rings is 1. The molecule has 2 heterocycles. The van der Waals surface area contributed by atoms with Crippen molar-refractivity contribution in [1.82, 2.24) is 19.1 Å². The van der Waals surface area contributed by atoms with E-state index in [4.69, 9.17) is 0 Å². The van der Waals surface area contributed by atoms with E-state index in [1.54, 1.807) is 22.8 Å². The van der Waals surface area contributed by atoms with Gasteiger partial charge in [0, 0.05) is 24.7 Å². The van der Waals surface area contributed by atoms with Gasteiger partial charge in [0.15, 0.2) is 5.82 Å². The van der Waals surface area contributed by atoms with Crippen LogP contribution in [0.25, 0.3) is 11.4 Å². The lowest BCUT2D eigenvalue weighted by Crippen LogP contribution is -2.39. The molecule has 0 N–H and O–H groups in total. The fourth-order valence-corrected chi connectivity index (χ4v) is 5.18. The van der Waals surface area contributed by atoms with Crippen molar-refractivity contribution in [3.63, 3.8) is 0 Å². The van der Waals surface area contributed by atoms with Crippen molar-refractivity contribution in [2.75, 3.05) is 13.1 Å². The molecule has 0 saturated carbocycles. The molecule has 28 heavy (non-hydrogen) atoms. The van der Waals surface area contributed by atoms with Crippen molar-refractivity contribution in [1.29, 1.82) is 0 Å². The molecule has 0 bridgehead atoms. The summed E-state index contributed by atoms with van der Waals surface area (Å²) in [5, 5.41) is 8.36. The number of aryl methyl sites for hydroxylation is 1. The zero-order chi connectivity index (χ0) is 19.6. The Morgan fingerprint density at radius 3 is 2.32 bits per heavy atom. The zero-order valence-corrected chi connectivity index (χ0v) is 16.7. The van der Waals surface area contributed by atoms with Gasteiger partial charge in [-0.2, -0.15) is 4.31 Å². The Hall–Kier alpha value is -2.51. The van der Waals surface area contributed by atoms with Gasteiger partial charge in [0.25, 0.3) is 0 Å². The molecule has 6 nitrogen and oxygen atoms in total. The maximum atomic E-state index is 13.0. The maximum Gasteiger partial charge on any atom is 0.243 e. The van der Waals surface area contributed by atoms with Gasteiger partial charge in [-0.3, -0.25) is 0 Å². The molecular formula is C21H24N4O2S. The first-order valence-electron chi connectivity index (χ1n) is 9.63. The number of rotatable bonds is 5. The van der Waals surface area contributed by atoms with Crippen LogP contribution in [0.3, 0.4) is 0 Å². The third-order valence-electron chi connectivity index (χ3n) is 5.39. The van der Waals surface area contributed by atoms with Crippen molar-refractivity contribution < 1.29 is 8.42 Å². The lowest BCUT2D eigenvalue weighted by Gasteiger charge is -2.32. The molecule has 0 atom stereocenters. The van der Waals surface area contributed by atoms with E-state index in [0.29, 0.717) is 18.0 Å². The molecule has 7 heteroatoms. The number of aromatic nitrogens is 3. The molecule has 1 saturated heterocycles. The molecular weight excluding hydrogens is 372 g/mol. The van der Waals surface area contributed by atoms with Gasteiger partial charge >= 0.3 is 0 Å². The van der Waals surface area contributed by atoms with Gasteiger partial charge in [-0.1, -0.05) is 49.4 Å². The van der Waals surface area contributed by atoms with Crippen LogP contribution in [0.5, 0.6) is 0 Å². The second-order valence-corrected chi connectivity index (χ2v) is 9.00. The van der Waals surface area contributed by atoms with E-state index in [1.165, 1.54) is 0 Å². The van der Waals surface area contributed by atoms with Gasteiger partial charge in [0.2, 0.25) is 10.0 Å². The lowest BCUT2D eigenvalue weighted by molar-refractivity contribution is 0.275. The highest BCUT2D eigenvalue weighted by molar-refractivity contribution is 7.89. The molecule has 0 aliphatic carbocycles. The summed E-state index contributed by atoms with van der Waals surface area (Å²) in [7, 11) is -3.45. The Morgan fingerprint density at radius 2 is 1.68 bits per heavy atom. The summed E-state index contributed by atoms with van der Waals surface area (Å²) >= 11 is 0. The third kappa shape index (κ3) is 3.59.